The van der Waals surface area contributed by atoms with Gasteiger partial charge in [-0.05, 0) is 12.8 Å². The highest BCUT2D eigenvalue weighted by molar-refractivity contribution is 7.57. The van der Waals surface area contributed by atoms with Crippen LogP contribution in [0.2, 0.25) is 0 Å². The van der Waals surface area contributed by atoms with E-state index in [9.17, 15) is 9.36 Å². The second-order valence-electron chi connectivity index (χ2n) is 2.98. The molecule has 0 bridgehead atoms. The van der Waals surface area contributed by atoms with Gasteiger partial charge in [0.2, 0.25) is 0 Å². The molecule has 12 heavy (non-hydrogen) atoms. The summed E-state index contributed by atoms with van der Waals surface area (Å²) in [6.45, 7) is 1.32. The molecule has 0 spiro atoms. The lowest BCUT2D eigenvalue weighted by Gasteiger charge is -2.03. The highest BCUT2D eigenvalue weighted by Crippen LogP contribution is 2.36. The number of carboxylic acid groups (broad SMARTS) is 1. The lowest BCUT2D eigenvalue weighted by Crippen LogP contribution is -1.94. The smallest absolute Gasteiger partial charge is 0.303 e. The van der Waals surface area contributed by atoms with Gasteiger partial charge in [0.15, 0.2) is 7.37 Å². The predicted octanol–water partition coefficient (Wildman–Crippen LogP) is 1.53. The van der Waals surface area contributed by atoms with E-state index in [0.29, 0.717) is 25.4 Å². The Kier molecular flexibility index (Phi) is 5.18. The quantitative estimate of drug-likeness (QED) is 0.496. The zero-order valence-corrected chi connectivity index (χ0v) is 8.09. The van der Waals surface area contributed by atoms with Crippen LogP contribution in [-0.2, 0) is 9.36 Å². The molecule has 2 N–H and O–H groups in total. The molecule has 0 aliphatic rings. The first-order valence-electron chi connectivity index (χ1n) is 3.93. The minimum atomic E-state index is -2.88. The third-order valence-electron chi connectivity index (χ3n) is 1.46. The predicted molar refractivity (Wildman–Crippen MR) is 46.7 cm³/mol. The van der Waals surface area contributed by atoms with E-state index in [1.165, 1.54) is 6.66 Å². The van der Waals surface area contributed by atoms with E-state index >= 15 is 0 Å². The summed E-state index contributed by atoms with van der Waals surface area (Å²) in [6, 6.07) is 0. The minimum absolute atomic E-state index is 0.152. The van der Waals surface area contributed by atoms with Gasteiger partial charge in [0.1, 0.15) is 0 Å². The minimum Gasteiger partial charge on any atom is -0.481 e. The van der Waals surface area contributed by atoms with Gasteiger partial charge < -0.3 is 10.00 Å². The Bertz CT molecular complexity index is 184. The lowest BCUT2D eigenvalue weighted by atomic mass is 10.2. The number of unbranched alkanes of at least 4 members (excludes halogenated alkanes) is 2. The molecule has 0 fully saturated rings. The van der Waals surface area contributed by atoms with E-state index in [4.69, 9.17) is 10.00 Å². The summed E-state index contributed by atoms with van der Waals surface area (Å²) in [5, 5.41) is 8.27. The zero-order chi connectivity index (χ0) is 9.61. The van der Waals surface area contributed by atoms with Gasteiger partial charge in [0.05, 0.1) is 0 Å². The van der Waals surface area contributed by atoms with Crippen LogP contribution in [0.3, 0.4) is 0 Å². The topological polar surface area (TPSA) is 74.6 Å². The van der Waals surface area contributed by atoms with Gasteiger partial charge in [0.25, 0.3) is 0 Å². The number of carboxylic acids is 1. The molecule has 5 heteroatoms. The first-order valence-corrected chi connectivity index (χ1v) is 6.22. The van der Waals surface area contributed by atoms with Crippen molar-refractivity contribution >= 4 is 13.3 Å². The molecule has 1 unspecified atom stereocenters. The number of carbonyl (C=O) groups is 1. The first kappa shape index (κ1) is 11.7. The van der Waals surface area contributed by atoms with Crippen LogP contribution in [0, 0.1) is 0 Å². The van der Waals surface area contributed by atoms with E-state index < -0.39 is 13.3 Å². The van der Waals surface area contributed by atoms with Crippen molar-refractivity contribution in [1.29, 1.82) is 0 Å². The second-order valence-corrected chi connectivity index (χ2v) is 5.53. The van der Waals surface area contributed by atoms with Gasteiger partial charge in [-0.2, -0.15) is 0 Å². The van der Waals surface area contributed by atoms with Crippen molar-refractivity contribution in [3.8, 4) is 0 Å². The average Bonchev–Trinajstić information content (AvgIpc) is 1.83. The van der Waals surface area contributed by atoms with E-state index in [1.807, 2.05) is 0 Å². The molecule has 0 aromatic carbocycles. The third-order valence-corrected chi connectivity index (χ3v) is 2.61. The van der Waals surface area contributed by atoms with E-state index in [1.54, 1.807) is 0 Å². The molecule has 0 saturated carbocycles. The molecule has 4 nitrogen and oxygen atoms in total. The van der Waals surface area contributed by atoms with Crippen LogP contribution in [0.25, 0.3) is 0 Å². The van der Waals surface area contributed by atoms with Crippen LogP contribution >= 0.6 is 7.37 Å². The molecule has 0 aliphatic heterocycles. The normalized spacial score (nSPS) is 15.5. The maximum absolute atomic E-state index is 10.8. The van der Waals surface area contributed by atoms with Crippen molar-refractivity contribution in [3.05, 3.63) is 0 Å². The fourth-order valence-corrected chi connectivity index (χ4v) is 1.67. The molecule has 72 valence electrons. The van der Waals surface area contributed by atoms with Crippen molar-refractivity contribution in [1.82, 2.24) is 0 Å². The van der Waals surface area contributed by atoms with Gasteiger partial charge in [-0.25, -0.2) is 0 Å². The summed E-state index contributed by atoms with van der Waals surface area (Å²) >= 11 is 0. The van der Waals surface area contributed by atoms with Crippen LogP contribution in [0.1, 0.15) is 25.7 Å². The highest BCUT2D eigenvalue weighted by atomic mass is 31.2. The maximum atomic E-state index is 10.8. The maximum Gasteiger partial charge on any atom is 0.303 e. The fourth-order valence-electron chi connectivity index (χ4n) is 0.858. The summed E-state index contributed by atoms with van der Waals surface area (Å²) in [4.78, 5) is 18.9. The fraction of sp³-hybridized carbons (Fsp3) is 0.857. The monoisotopic (exact) mass is 194 g/mol. The van der Waals surface area contributed by atoms with Gasteiger partial charge in [-0.1, -0.05) is 6.42 Å². The van der Waals surface area contributed by atoms with Crippen LogP contribution in [-0.4, -0.2) is 28.8 Å². The Labute approximate surface area is 72.1 Å². The second kappa shape index (κ2) is 5.33. The van der Waals surface area contributed by atoms with E-state index in [-0.39, 0.29) is 6.42 Å². The highest BCUT2D eigenvalue weighted by Gasteiger charge is 2.08. The standard InChI is InChI=1S/C7H15O4P/c1-12(10,11)6-4-2-3-5-7(8)9/h2-6H2,1H3,(H,8,9)(H,10,11). The van der Waals surface area contributed by atoms with Crippen molar-refractivity contribution in [2.45, 2.75) is 25.7 Å². The molecule has 0 aromatic heterocycles. The largest absolute Gasteiger partial charge is 0.481 e. The summed E-state index contributed by atoms with van der Waals surface area (Å²) in [5.74, 6) is -0.807. The Balaban J connectivity index is 3.23. The van der Waals surface area contributed by atoms with Crippen molar-refractivity contribution in [3.63, 3.8) is 0 Å². The number of rotatable bonds is 6. The van der Waals surface area contributed by atoms with Gasteiger partial charge in [-0.3, -0.25) is 9.36 Å². The molecule has 1 atom stereocenters. The molecule has 0 amide bonds. The molecule has 0 aliphatic carbocycles. The summed E-state index contributed by atoms with van der Waals surface area (Å²) in [5.41, 5.74) is 0. The van der Waals surface area contributed by atoms with Crippen molar-refractivity contribution < 1.29 is 19.4 Å². The summed E-state index contributed by atoms with van der Waals surface area (Å²) in [7, 11) is -2.88. The Morgan fingerprint density at radius 3 is 2.33 bits per heavy atom. The van der Waals surface area contributed by atoms with Crippen molar-refractivity contribution in [2.24, 2.45) is 0 Å². The van der Waals surface area contributed by atoms with Crippen molar-refractivity contribution in [2.75, 3.05) is 12.8 Å². The Morgan fingerprint density at radius 2 is 1.92 bits per heavy atom. The van der Waals surface area contributed by atoms with Crippen LogP contribution in [0.15, 0.2) is 0 Å². The summed E-state index contributed by atoms with van der Waals surface area (Å²) < 4.78 is 10.8. The third kappa shape index (κ3) is 9.66. The van der Waals surface area contributed by atoms with Gasteiger partial charge in [-0.15, -0.1) is 0 Å². The Hall–Kier alpha value is -0.340. The number of hydrogen-bond acceptors (Lipinski definition) is 2. The van der Waals surface area contributed by atoms with E-state index in [2.05, 4.69) is 0 Å². The zero-order valence-electron chi connectivity index (χ0n) is 7.19. The van der Waals surface area contributed by atoms with Crippen LogP contribution in [0.5, 0.6) is 0 Å². The van der Waals surface area contributed by atoms with E-state index in [0.717, 1.165) is 0 Å². The Morgan fingerprint density at radius 1 is 1.33 bits per heavy atom. The lowest BCUT2D eigenvalue weighted by molar-refractivity contribution is -0.137. The summed E-state index contributed by atoms with van der Waals surface area (Å²) in [6.07, 6.45) is 2.39. The molecule has 0 rings (SSSR count). The first-order chi connectivity index (χ1) is 5.42. The number of hydrogen-bond donors (Lipinski definition) is 2. The van der Waals surface area contributed by atoms with Gasteiger partial charge in [0, 0.05) is 19.2 Å². The molecule has 0 aromatic rings. The number of aliphatic carboxylic acids is 1. The van der Waals surface area contributed by atoms with Crippen LogP contribution in [0.4, 0.5) is 0 Å². The van der Waals surface area contributed by atoms with Gasteiger partial charge >= 0.3 is 5.97 Å². The average molecular weight is 194 g/mol. The molecule has 0 saturated heterocycles. The molecule has 0 heterocycles. The molecular formula is C7H15O4P. The van der Waals surface area contributed by atoms with Crippen LogP contribution < -0.4 is 0 Å². The molecular weight excluding hydrogens is 179 g/mol. The SMILES string of the molecule is CP(=O)(O)CCCCCC(=O)O. The molecule has 0 radical (unpaired) electrons.